The number of nitrogens with zero attached hydrogens (tertiary/aromatic N) is 1. The summed E-state index contributed by atoms with van der Waals surface area (Å²) in [4.78, 5) is 29.1. The van der Waals surface area contributed by atoms with E-state index in [1.54, 1.807) is 4.90 Å². The lowest BCUT2D eigenvalue weighted by Gasteiger charge is -2.32. The Balaban J connectivity index is 1.61. The lowest BCUT2D eigenvalue weighted by Crippen LogP contribution is -2.53. The number of carbonyl (C=O) groups excluding carboxylic acids is 2. The number of ether oxygens (including phenoxy) is 1. The number of nitrogens with one attached hydrogen (secondary N) is 1. The fourth-order valence-electron chi connectivity index (χ4n) is 4.95. The van der Waals surface area contributed by atoms with Gasteiger partial charge in [-0.2, -0.15) is 0 Å². The first-order valence-corrected chi connectivity index (χ1v) is 13.8. The number of hydrogen-bond acceptors (Lipinski definition) is 3. The molecule has 1 N–H and O–H groups in total. The van der Waals surface area contributed by atoms with Crippen LogP contribution in [0.1, 0.15) is 47.9 Å². The third-order valence-electron chi connectivity index (χ3n) is 6.80. The quantitative estimate of drug-likeness (QED) is 0.322. The van der Waals surface area contributed by atoms with Gasteiger partial charge in [0.15, 0.2) is 6.61 Å². The number of amides is 2. The summed E-state index contributed by atoms with van der Waals surface area (Å²) in [6, 6.07) is 23.2. The monoisotopic (exact) mass is 562 g/mol. The van der Waals surface area contributed by atoms with E-state index in [0.29, 0.717) is 18.7 Å². The number of rotatable bonds is 10. The predicted molar refractivity (Wildman–Crippen MR) is 150 cm³/mol. The van der Waals surface area contributed by atoms with Crippen LogP contribution in [-0.4, -0.2) is 35.4 Å². The standard InChI is InChI=1S/C31H35BrN2O3/c1-22-16-23(2)18-28(17-22)37-21-30(35)34(20-25-12-14-26(32)15-13-25)29(19-24-8-4-3-5-9-24)31(36)33-27-10-6-7-11-27/h3-5,8-9,12-18,27,29H,6-7,10-11,19-21H2,1-2H3,(H,33,36). The van der Waals surface area contributed by atoms with Gasteiger partial charge in [-0.15, -0.1) is 0 Å². The van der Waals surface area contributed by atoms with E-state index in [-0.39, 0.29) is 24.5 Å². The molecular formula is C31H35BrN2O3. The Hall–Kier alpha value is -3.12. The first-order chi connectivity index (χ1) is 17.9. The average Bonchev–Trinajstić information content (AvgIpc) is 3.39. The molecule has 5 nitrogen and oxygen atoms in total. The Morgan fingerprint density at radius 2 is 1.59 bits per heavy atom. The molecule has 0 saturated heterocycles. The van der Waals surface area contributed by atoms with E-state index in [9.17, 15) is 9.59 Å². The van der Waals surface area contributed by atoms with Gasteiger partial charge in [-0.25, -0.2) is 0 Å². The lowest BCUT2D eigenvalue weighted by molar-refractivity contribution is -0.143. The van der Waals surface area contributed by atoms with Gasteiger partial charge in [0.1, 0.15) is 11.8 Å². The summed E-state index contributed by atoms with van der Waals surface area (Å²) in [6.45, 7) is 4.19. The fourth-order valence-corrected chi connectivity index (χ4v) is 5.22. The molecule has 4 rings (SSSR count). The largest absolute Gasteiger partial charge is 0.484 e. The van der Waals surface area contributed by atoms with Crippen molar-refractivity contribution in [2.45, 2.75) is 64.6 Å². The number of benzene rings is 3. The number of hydrogen-bond donors (Lipinski definition) is 1. The summed E-state index contributed by atoms with van der Waals surface area (Å²) in [5.41, 5.74) is 4.12. The zero-order valence-corrected chi connectivity index (χ0v) is 23.2. The second-order valence-electron chi connectivity index (χ2n) is 9.96. The highest BCUT2D eigenvalue weighted by Gasteiger charge is 2.32. The van der Waals surface area contributed by atoms with Gasteiger partial charge in [-0.05, 0) is 73.2 Å². The highest BCUT2D eigenvalue weighted by molar-refractivity contribution is 9.10. The Bertz CT molecular complexity index is 1170. The maximum atomic E-state index is 13.7. The first kappa shape index (κ1) is 26.9. The molecule has 1 fully saturated rings. The zero-order valence-electron chi connectivity index (χ0n) is 21.6. The molecule has 0 spiro atoms. The maximum absolute atomic E-state index is 13.7. The molecule has 3 aromatic carbocycles. The summed E-state index contributed by atoms with van der Waals surface area (Å²) in [5, 5.41) is 3.24. The van der Waals surface area contributed by atoms with E-state index in [1.165, 1.54) is 0 Å². The van der Waals surface area contributed by atoms with Crippen molar-refractivity contribution in [1.29, 1.82) is 0 Å². The number of aryl methyl sites for hydroxylation is 2. The van der Waals surface area contributed by atoms with Crippen LogP contribution >= 0.6 is 15.9 Å². The molecule has 37 heavy (non-hydrogen) atoms. The van der Waals surface area contributed by atoms with Gasteiger partial charge in [0.25, 0.3) is 5.91 Å². The highest BCUT2D eigenvalue weighted by Crippen LogP contribution is 2.21. The molecule has 1 saturated carbocycles. The molecule has 0 aromatic heterocycles. The molecule has 1 aliphatic rings. The van der Waals surface area contributed by atoms with Crippen LogP contribution in [0, 0.1) is 13.8 Å². The predicted octanol–water partition coefficient (Wildman–Crippen LogP) is 6.14. The zero-order chi connectivity index (χ0) is 26.2. The smallest absolute Gasteiger partial charge is 0.261 e. The van der Waals surface area contributed by atoms with Crippen LogP contribution in [0.4, 0.5) is 0 Å². The summed E-state index contributed by atoms with van der Waals surface area (Å²) in [6.07, 6.45) is 4.66. The van der Waals surface area contributed by atoms with Crippen molar-refractivity contribution in [3.05, 3.63) is 99.5 Å². The van der Waals surface area contributed by atoms with Crippen molar-refractivity contribution in [2.75, 3.05) is 6.61 Å². The first-order valence-electron chi connectivity index (χ1n) is 13.0. The SMILES string of the molecule is Cc1cc(C)cc(OCC(=O)N(Cc2ccc(Br)cc2)C(Cc2ccccc2)C(=O)NC2CCCC2)c1. The third-order valence-corrected chi connectivity index (χ3v) is 7.33. The minimum absolute atomic E-state index is 0.104. The van der Waals surface area contributed by atoms with Crippen molar-refractivity contribution in [3.63, 3.8) is 0 Å². The van der Waals surface area contributed by atoms with Gasteiger partial charge >= 0.3 is 0 Å². The van der Waals surface area contributed by atoms with Crippen LogP contribution in [0.3, 0.4) is 0 Å². The van der Waals surface area contributed by atoms with E-state index in [2.05, 4.69) is 27.3 Å². The van der Waals surface area contributed by atoms with Crippen LogP contribution in [0.25, 0.3) is 0 Å². The fraction of sp³-hybridized carbons (Fsp3) is 0.355. The molecule has 1 aliphatic carbocycles. The van der Waals surface area contributed by atoms with Crippen molar-refractivity contribution in [1.82, 2.24) is 10.2 Å². The summed E-state index contributed by atoms with van der Waals surface area (Å²) in [7, 11) is 0. The maximum Gasteiger partial charge on any atom is 0.261 e. The van der Waals surface area contributed by atoms with E-state index in [0.717, 1.165) is 52.4 Å². The molecule has 0 aliphatic heterocycles. The second-order valence-corrected chi connectivity index (χ2v) is 10.9. The van der Waals surface area contributed by atoms with Gasteiger partial charge in [-0.1, -0.05) is 77.3 Å². The summed E-state index contributed by atoms with van der Waals surface area (Å²) >= 11 is 3.48. The van der Waals surface area contributed by atoms with Gasteiger partial charge in [0, 0.05) is 23.5 Å². The van der Waals surface area contributed by atoms with E-state index in [4.69, 9.17) is 4.74 Å². The molecule has 0 radical (unpaired) electrons. The Kier molecular flexibility index (Phi) is 9.40. The van der Waals surface area contributed by atoms with Crippen LogP contribution in [0.15, 0.2) is 77.3 Å². The van der Waals surface area contributed by atoms with Crippen LogP contribution in [0.2, 0.25) is 0 Å². The van der Waals surface area contributed by atoms with Crippen LogP contribution in [0.5, 0.6) is 5.75 Å². The third kappa shape index (κ3) is 7.93. The molecule has 6 heteroatoms. The molecule has 0 bridgehead atoms. The summed E-state index contributed by atoms with van der Waals surface area (Å²) < 4.78 is 6.92. The van der Waals surface area contributed by atoms with Crippen molar-refractivity contribution >= 4 is 27.7 Å². The van der Waals surface area contributed by atoms with Crippen LogP contribution in [-0.2, 0) is 22.6 Å². The van der Waals surface area contributed by atoms with E-state index in [1.807, 2.05) is 80.6 Å². The van der Waals surface area contributed by atoms with Gasteiger partial charge in [0.2, 0.25) is 5.91 Å². The minimum atomic E-state index is -0.651. The van der Waals surface area contributed by atoms with Gasteiger partial charge in [-0.3, -0.25) is 9.59 Å². The topological polar surface area (TPSA) is 58.6 Å². The van der Waals surface area contributed by atoms with Crippen molar-refractivity contribution in [2.24, 2.45) is 0 Å². The highest BCUT2D eigenvalue weighted by atomic mass is 79.9. The Morgan fingerprint density at radius 1 is 0.946 bits per heavy atom. The molecule has 194 valence electrons. The second kappa shape index (κ2) is 12.9. The molecule has 3 aromatic rings. The molecule has 2 amide bonds. The lowest BCUT2D eigenvalue weighted by atomic mass is 10.0. The minimum Gasteiger partial charge on any atom is -0.484 e. The van der Waals surface area contributed by atoms with Crippen molar-refractivity contribution in [3.8, 4) is 5.75 Å². The Morgan fingerprint density at radius 3 is 2.24 bits per heavy atom. The summed E-state index contributed by atoms with van der Waals surface area (Å²) in [5.74, 6) is 0.335. The normalized spacial score (nSPS) is 14.2. The average molecular weight is 564 g/mol. The number of carbonyl (C=O) groups is 2. The van der Waals surface area contributed by atoms with Crippen molar-refractivity contribution < 1.29 is 14.3 Å². The van der Waals surface area contributed by atoms with E-state index >= 15 is 0 Å². The molecule has 0 heterocycles. The molecule has 1 atom stereocenters. The van der Waals surface area contributed by atoms with Gasteiger partial charge < -0.3 is 15.0 Å². The number of halogens is 1. The van der Waals surface area contributed by atoms with Gasteiger partial charge in [0.05, 0.1) is 0 Å². The molecule has 1 unspecified atom stereocenters. The molecular weight excluding hydrogens is 528 g/mol. The Labute approximate surface area is 228 Å². The van der Waals surface area contributed by atoms with Crippen LogP contribution < -0.4 is 10.1 Å². The van der Waals surface area contributed by atoms with E-state index < -0.39 is 6.04 Å².